The van der Waals surface area contributed by atoms with Gasteiger partial charge in [-0.3, -0.25) is 25.0 Å². The number of ether oxygens (including phenoxy) is 1. The Morgan fingerprint density at radius 3 is 2.84 bits per heavy atom. The molecule has 0 aliphatic carbocycles. The van der Waals surface area contributed by atoms with Crippen molar-refractivity contribution in [3.05, 3.63) is 81.1 Å². The van der Waals surface area contributed by atoms with Gasteiger partial charge < -0.3 is 4.74 Å². The van der Waals surface area contributed by atoms with Crippen LogP contribution in [0.1, 0.15) is 37.9 Å². The van der Waals surface area contributed by atoms with E-state index in [-0.39, 0.29) is 5.91 Å². The Morgan fingerprint density at radius 1 is 1.22 bits per heavy atom. The Labute approximate surface area is 222 Å². The number of thiazole rings is 1. The van der Waals surface area contributed by atoms with Crippen molar-refractivity contribution in [3.63, 3.8) is 0 Å². The Morgan fingerprint density at radius 2 is 2.08 bits per heavy atom. The molecule has 4 aromatic heterocycles. The maximum absolute atomic E-state index is 13.4. The summed E-state index contributed by atoms with van der Waals surface area (Å²) in [7, 11) is 1.54. The second kappa shape index (κ2) is 10.6. The van der Waals surface area contributed by atoms with Crippen molar-refractivity contribution in [3.8, 4) is 22.9 Å². The molecule has 5 heterocycles. The number of anilines is 1. The van der Waals surface area contributed by atoms with Gasteiger partial charge in [-0.1, -0.05) is 11.6 Å². The Bertz CT molecular complexity index is 1510. The number of fused-ring (bicyclic) bond motifs is 1. The average Bonchev–Trinajstić information content (AvgIpc) is 3.30. The lowest BCUT2D eigenvalue weighted by Gasteiger charge is -2.25. The van der Waals surface area contributed by atoms with E-state index in [2.05, 4.69) is 36.2 Å². The van der Waals surface area contributed by atoms with E-state index in [1.807, 2.05) is 19.1 Å². The van der Waals surface area contributed by atoms with Gasteiger partial charge in [0.1, 0.15) is 17.0 Å². The van der Waals surface area contributed by atoms with E-state index in [1.54, 1.807) is 31.6 Å². The molecule has 1 aliphatic rings. The highest BCUT2D eigenvalue weighted by atomic mass is 35.5. The van der Waals surface area contributed by atoms with Crippen molar-refractivity contribution in [1.29, 1.82) is 5.26 Å². The number of rotatable bonds is 6. The van der Waals surface area contributed by atoms with Gasteiger partial charge in [0, 0.05) is 60.1 Å². The summed E-state index contributed by atoms with van der Waals surface area (Å²) in [5.41, 5.74) is 4.89. The molecule has 0 spiro atoms. The monoisotopic (exact) mass is 531 g/mol. The van der Waals surface area contributed by atoms with Crippen LogP contribution in [0.5, 0.6) is 5.75 Å². The number of hydrogen-bond acceptors (Lipinski definition) is 9. The third-order valence-electron chi connectivity index (χ3n) is 6.00. The predicted molar refractivity (Wildman–Crippen MR) is 141 cm³/mol. The normalized spacial score (nSPS) is 13.0. The van der Waals surface area contributed by atoms with Gasteiger partial charge in [0.15, 0.2) is 5.13 Å². The Balaban J connectivity index is 1.34. The van der Waals surface area contributed by atoms with Crippen molar-refractivity contribution in [1.82, 2.24) is 24.8 Å². The molecular weight excluding hydrogens is 510 g/mol. The SMILES string of the molecule is COc1cnc(Cl)cc1-c1cc(C)ncc1C(=O)Nc1nc2c(s1)CN(Cc1ccc(C#N)cn1)CC2. The topological polar surface area (TPSA) is 117 Å². The third-order valence-corrected chi connectivity index (χ3v) is 7.20. The summed E-state index contributed by atoms with van der Waals surface area (Å²) in [5, 5.41) is 12.8. The molecule has 186 valence electrons. The number of aryl methyl sites for hydroxylation is 1. The van der Waals surface area contributed by atoms with Gasteiger partial charge in [-0.15, -0.1) is 11.3 Å². The van der Waals surface area contributed by atoms with Crippen molar-refractivity contribution in [2.45, 2.75) is 26.4 Å². The number of nitrogens with one attached hydrogen (secondary N) is 1. The van der Waals surface area contributed by atoms with E-state index in [1.165, 1.54) is 17.5 Å². The second-order valence-electron chi connectivity index (χ2n) is 8.53. The van der Waals surface area contributed by atoms with Crippen molar-refractivity contribution in [2.75, 3.05) is 19.0 Å². The van der Waals surface area contributed by atoms with Crippen LogP contribution in [0.25, 0.3) is 11.1 Å². The summed E-state index contributed by atoms with van der Waals surface area (Å²) in [6.45, 7) is 4.09. The number of aromatic nitrogens is 4. The quantitative estimate of drug-likeness (QED) is 0.357. The molecular formula is C26H22ClN7O2S. The predicted octanol–water partition coefficient (Wildman–Crippen LogP) is 4.65. The maximum atomic E-state index is 13.4. The minimum Gasteiger partial charge on any atom is -0.494 e. The first kappa shape index (κ1) is 24.8. The lowest BCUT2D eigenvalue weighted by molar-refractivity contribution is 0.102. The number of nitriles is 1. The lowest BCUT2D eigenvalue weighted by Crippen LogP contribution is -2.29. The van der Waals surface area contributed by atoms with Crippen molar-refractivity contribution >= 4 is 34.0 Å². The van der Waals surface area contributed by atoms with Crippen LogP contribution in [0.4, 0.5) is 5.13 Å². The Hall–Kier alpha value is -3.91. The fourth-order valence-electron chi connectivity index (χ4n) is 4.17. The minimum atomic E-state index is -0.317. The summed E-state index contributed by atoms with van der Waals surface area (Å²) in [6, 6.07) is 9.24. The molecule has 0 bridgehead atoms. The van der Waals surface area contributed by atoms with Crippen LogP contribution in [-0.2, 0) is 19.5 Å². The van der Waals surface area contributed by atoms with Gasteiger partial charge in [0.25, 0.3) is 5.91 Å². The van der Waals surface area contributed by atoms with Gasteiger partial charge in [0.05, 0.1) is 35.8 Å². The first-order valence-corrected chi connectivity index (χ1v) is 12.7. The van der Waals surface area contributed by atoms with Crippen molar-refractivity contribution < 1.29 is 9.53 Å². The number of methoxy groups -OCH3 is 1. The second-order valence-corrected chi connectivity index (χ2v) is 10.0. The van der Waals surface area contributed by atoms with Crippen LogP contribution in [-0.4, -0.2) is 44.4 Å². The largest absolute Gasteiger partial charge is 0.494 e. The van der Waals surface area contributed by atoms with Crippen LogP contribution >= 0.6 is 22.9 Å². The van der Waals surface area contributed by atoms with Crippen LogP contribution in [0, 0.1) is 18.3 Å². The average molecular weight is 532 g/mol. The maximum Gasteiger partial charge on any atom is 0.259 e. The minimum absolute atomic E-state index is 0.296. The van der Waals surface area contributed by atoms with Gasteiger partial charge in [-0.05, 0) is 31.2 Å². The van der Waals surface area contributed by atoms with E-state index >= 15 is 0 Å². The molecule has 4 aromatic rings. The molecule has 37 heavy (non-hydrogen) atoms. The highest BCUT2D eigenvalue weighted by molar-refractivity contribution is 7.15. The van der Waals surface area contributed by atoms with Crippen LogP contribution in [0.3, 0.4) is 0 Å². The fraction of sp³-hybridized carbons (Fsp3) is 0.231. The molecule has 0 saturated heterocycles. The molecule has 9 nitrogen and oxygen atoms in total. The van der Waals surface area contributed by atoms with E-state index < -0.39 is 0 Å². The van der Waals surface area contributed by atoms with Gasteiger partial charge >= 0.3 is 0 Å². The first-order valence-electron chi connectivity index (χ1n) is 11.5. The molecule has 0 aromatic carbocycles. The number of amides is 1. The van der Waals surface area contributed by atoms with Crippen LogP contribution < -0.4 is 10.1 Å². The number of halogens is 1. The molecule has 0 fully saturated rings. The van der Waals surface area contributed by atoms with Gasteiger partial charge in [0.2, 0.25) is 0 Å². The number of nitrogens with zero attached hydrogens (tertiary/aromatic N) is 6. The zero-order valence-electron chi connectivity index (χ0n) is 20.2. The van der Waals surface area contributed by atoms with E-state index in [0.717, 1.165) is 34.9 Å². The summed E-state index contributed by atoms with van der Waals surface area (Å²) in [4.78, 5) is 34.2. The standard InChI is InChI=1S/C26H22ClN7O2S/c1-15-7-18(19-8-24(27)31-12-22(19)36-2)20(11-29-15)25(35)33-26-32-21-5-6-34(14-23(21)37-26)13-17-4-3-16(9-28)10-30-17/h3-4,7-8,10-12H,5-6,13-14H2,1-2H3,(H,32,33,35). The van der Waals surface area contributed by atoms with E-state index in [4.69, 9.17) is 21.6 Å². The van der Waals surface area contributed by atoms with Gasteiger partial charge in [-0.2, -0.15) is 5.26 Å². The molecule has 0 radical (unpaired) electrons. The molecule has 1 amide bonds. The molecule has 5 rings (SSSR count). The van der Waals surface area contributed by atoms with Gasteiger partial charge in [-0.25, -0.2) is 9.97 Å². The zero-order valence-corrected chi connectivity index (χ0v) is 21.7. The van der Waals surface area contributed by atoms with Crippen LogP contribution in [0.15, 0.2) is 42.9 Å². The molecule has 1 aliphatic heterocycles. The Kier molecular flexibility index (Phi) is 7.10. The smallest absolute Gasteiger partial charge is 0.259 e. The van der Waals surface area contributed by atoms with E-state index in [9.17, 15) is 4.79 Å². The highest BCUT2D eigenvalue weighted by Gasteiger charge is 2.23. The van der Waals surface area contributed by atoms with Crippen molar-refractivity contribution in [2.24, 2.45) is 0 Å². The lowest BCUT2D eigenvalue weighted by atomic mass is 10.0. The number of hydrogen-bond donors (Lipinski definition) is 1. The van der Waals surface area contributed by atoms with Crippen LogP contribution in [0.2, 0.25) is 5.15 Å². The molecule has 1 N–H and O–H groups in total. The summed E-state index contributed by atoms with van der Waals surface area (Å²) in [6.07, 6.45) is 5.45. The summed E-state index contributed by atoms with van der Waals surface area (Å²) >= 11 is 7.62. The molecule has 0 atom stereocenters. The number of carbonyl (C=O) groups excluding carboxylic acids is 1. The zero-order chi connectivity index (χ0) is 25.9. The molecule has 0 unspecified atom stereocenters. The molecule has 0 saturated carbocycles. The first-order chi connectivity index (χ1) is 17.9. The fourth-order valence-corrected chi connectivity index (χ4v) is 5.37. The summed E-state index contributed by atoms with van der Waals surface area (Å²) in [5.74, 6) is 0.188. The summed E-state index contributed by atoms with van der Waals surface area (Å²) < 4.78 is 5.46. The van der Waals surface area contributed by atoms with E-state index in [0.29, 0.717) is 51.4 Å². The third kappa shape index (κ3) is 5.44. The number of pyridine rings is 3. The molecule has 11 heteroatoms. The highest BCUT2D eigenvalue weighted by Crippen LogP contribution is 2.35. The number of carbonyl (C=O) groups is 1.